The van der Waals surface area contributed by atoms with Crippen LogP contribution in [0.3, 0.4) is 0 Å². The van der Waals surface area contributed by atoms with Crippen molar-refractivity contribution in [3.8, 4) is 11.8 Å². The van der Waals surface area contributed by atoms with Crippen LogP contribution in [0.5, 0.6) is 5.75 Å². The van der Waals surface area contributed by atoms with Crippen LogP contribution in [0.1, 0.15) is 31.6 Å². The lowest BCUT2D eigenvalue weighted by Gasteiger charge is -2.15. The first-order valence-electron chi connectivity index (χ1n) is 5.30. The van der Waals surface area contributed by atoms with Crippen LogP contribution < -0.4 is 15.8 Å². The Labute approximate surface area is 100 Å². The van der Waals surface area contributed by atoms with Crippen molar-refractivity contribution in [2.75, 3.05) is 18.2 Å². The van der Waals surface area contributed by atoms with Gasteiger partial charge in [0.15, 0.2) is 5.75 Å². The Morgan fingerprint density at radius 3 is 2.56 bits per heavy atom. The first-order valence-corrected chi connectivity index (χ1v) is 6.12. The number of hydrogen-bond acceptors (Lipinski definition) is 5. The van der Waals surface area contributed by atoms with Crippen molar-refractivity contribution < 1.29 is 4.74 Å². The molecule has 88 valence electrons. The van der Waals surface area contributed by atoms with Gasteiger partial charge in [0, 0.05) is 6.04 Å². The van der Waals surface area contributed by atoms with Gasteiger partial charge >= 0.3 is 0 Å². The van der Waals surface area contributed by atoms with Crippen LogP contribution in [0.15, 0.2) is 0 Å². The minimum atomic E-state index is 0.387. The second kappa shape index (κ2) is 5.61. The minimum absolute atomic E-state index is 0.387. The lowest BCUT2D eigenvalue weighted by Crippen LogP contribution is -2.16. The SMILES string of the molecule is CCC(CC)Nc1sc(C#N)c(N)c1OC. The number of hydrogen-bond donors (Lipinski definition) is 2. The third kappa shape index (κ3) is 2.39. The van der Waals surface area contributed by atoms with Crippen molar-refractivity contribution in [1.82, 2.24) is 0 Å². The zero-order valence-electron chi connectivity index (χ0n) is 9.83. The highest BCUT2D eigenvalue weighted by atomic mass is 32.1. The van der Waals surface area contributed by atoms with Gasteiger partial charge in [0.05, 0.1) is 7.11 Å². The third-order valence-electron chi connectivity index (χ3n) is 2.53. The summed E-state index contributed by atoms with van der Waals surface area (Å²) in [5.74, 6) is 0.591. The molecule has 16 heavy (non-hydrogen) atoms. The van der Waals surface area contributed by atoms with Gasteiger partial charge in [-0.2, -0.15) is 5.26 Å². The van der Waals surface area contributed by atoms with E-state index in [-0.39, 0.29) is 0 Å². The summed E-state index contributed by atoms with van der Waals surface area (Å²) in [6, 6.07) is 2.46. The highest BCUT2D eigenvalue weighted by Crippen LogP contribution is 2.42. The standard InChI is InChI=1S/C11H17N3OS/c1-4-7(5-2)14-11-10(15-3)9(13)8(6-12)16-11/h7,14H,4-5,13H2,1-3H3. The summed E-state index contributed by atoms with van der Waals surface area (Å²) in [6.07, 6.45) is 2.05. The Morgan fingerprint density at radius 1 is 1.50 bits per heavy atom. The van der Waals surface area contributed by atoms with E-state index in [1.807, 2.05) is 0 Å². The monoisotopic (exact) mass is 239 g/mol. The average Bonchev–Trinajstić information content (AvgIpc) is 2.61. The third-order valence-corrected chi connectivity index (χ3v) is 3.55. The van der Waals surface area contributed by atoms with Gasteiger partial charge in [0.2, 0.25) is 0 Å². The molecule has 0 aliphatic rings. The molecule has 1 aromatic rings. The van der Waals surface area contributed by atoms with Gasteiger partial charge in [-0.3, -0.25) is 0 Å². The number of nitrogens with zero attached hydrogens (tertiary/aromatic N) is 1. The van der Waals surface area contributed by atoms with Crippen molar-refractivity contribution in [3.63, 3.8) is 0 Å². The maximum absolute atomic E-state index is 8.90. The molecule has 0 saturated carbocycles. The predicted octanol–water partition coefficient (Wildman–Crippen LogP) is 2.81. The zero-order chi connectivity index (χ0) is 12.1. The largest absolute Gasteiger partial charge is 0.492 e. The molecular formula is C11H17N3OS. The Hall–Kier alpha value is -1.41. The Kier molecular flexibility index (Phi) is 4.44. The molecule has 0 saturated heterocycles. The minimum Gasteiger partial charge on any atom is -0.492 e. The number of nitrogen functional groups attached to an aromatic ring is 1. The summed E-state index contributed by atoms with van der Waals surface area (Å²) in [6.45, 7) is 4.24. The Bertz CT molecular complexity index is 391. The van der Waals surface area contributed by atoms with Gasteiger partial charge in [-0.15, -0.1) is 11.3 Å². The molecule has 0 radical (unpaired) electrons. The second-order valence-electron chi connectivity index (χ2n) is 3.48. The molecule has 0 unspecified atom stereocenters. The van der Waals surface area contributed by atoms with Gasteiger partial charge in [-0.25, -0.2) is 0 Å². The summed E-state index contributed by atoms with van der Waals surface area (Å²) in [4.78, 5) is 0.505. The number of nitrogens with one attached hydrogen (secondary N) is 1. The molecule has 0 aliphatic carbocycles. The van der Waals surface area contributed by atoms with E-state index in [1.165, 1.54) is 11.3 Å². The van der Waals surface area contributed by atoms with E-state index in [1.54, 1.807) is 7.11 Å². The molecule has 0 fully saturated rings. The van der Waals surface area contributed by atoms with Crippen molar-refractivity contribution in [2.24, 2.45) is 0 Å². The summed E-state index contributed by atoms with van der Waals surface area (Å²) >= 11 is 1.35. The van der Waals surface area contributed by atoms with Crippen molar-refractivity contribution in [3.05, 3.63) is 4.88 Å². The number of ether oxygens (including phenoxy) is 1. The number of methoxy groups -OCH3 is 1. The van der Waals surface area contributed by atoms with Crippen LogP contribution >= 0.6 is 11.3 Å². The number of nitriles is 1. The molecule has 1 rings (SSSR count). The molecule has 4 nitrogen and oxygen atoms in total. The first kappa shape index (κ1) is 12.7. The van der Waals surface area contributed by atoms with Crippen molar-refractivity contribution in [1.29, 1.82) is 5.26 Å². The number of nitrogens with two attached hydrogens (primary N) is 1. The molecule has 0 bridgehead atoms. The lowest BCUT2D eigenvalue weighted by molar-refractivity contribution is 0.419. The van der Waals surface area contributed by atoms with Gasteiger partial charge in [-0.1, -0.05) is 13.8 Å². The van der Waals surface area contributed by atoms with Gasteiger partial charge in [0.1, 0.15) is 21.6 Å². The van der Waals surface area contributed by atoms with E-state index >= 15 is 0 Å². The highest BCUT2D eigenvalue weighted by Gasteiger charge is 2.18. The fourth-order valence-electron chi connectivity index (χ4n) is 1.49. The number of anilines is 2. The van der Waals surface area contributed by atoms with Crippen LogP contribution in [-0.4, -0.2) is 13.2 Å². The first-order chi connectivity index (χ1) is 7.67. The zero-order valence-corrected chi connectivity index (χ0v) is 10.6. The molecule has 0 aliphatic heterocycles. The molecular weight excluding hydrogens is 222 g/mol. The number of thiophene rings is 1. The Balaban J connectivity index is 3.00. The fourth-order valence-corrected chi connectivity index (χ4v) is 2.45. The maximum Gasteiger partial charge on any atom is 0.177 e. The molecule has 1 heterocycles. The van der Waals surface area contributed by atoms with E-state index in [0.717, 1.165) is 17.8 Å². The van der Waals surface area contributed by atoms with E-state index in [0.29, 0.717) is 22.4 Å². The van der Waals surface area contributed by atoms with Gasteiger partial charge in [0.25, 0.3) is 0 Å². The smallest absolute Gasteiger partial charge is 0.177 e. The average molecular weight is 239 g/mol. The Morgan fingerprint density at radius 2 is 2.12 bits per heavy atom. The van der Waals surface area contributed by atoms with Crippen LogP contribution in [-0.2, 0) is 0 Å². The van der Waals surface area contributed by atoms with E-state index in [2.05, 4.69) is 25.2 Å². The van der Waals surface area contributed by atoms with Crippen molar-refractivity contribution in [2.45, 2.75) is 32.7 Å². The molecule has 0 atom stereocenters. The summed E-state index contributed by atoms with van der Waals surface area (Å²) in [7, 11) is 1.57. The summed E-state index contributed by atoms with van der Waals surface area (Å²) in [5.41, 5.74) is 6.24. The van der Waals surface area contributed by atoms with E-state index in [4.69, 9.17) is 15.7 Å². The highest BCUT2D eigenvalue weighted by molar-refractivity contribution is 7.17. The quantitative estimate of drug-likeness (QED) is 0.828. The lowest BCUT2D eigenvalue weighted by atomic mass is 10.2. The molecule has 3 N–H and O–H groups in total. The van der Waals surface area contributed by atoms with Crippen LogP contribution in [0.4, 0.5) is 10.7 Å². The molecule has 1 aromatic heterocycles. The van der Waals surface area contributed by atoms with Crippen LogP contribution in [0.25, 0.3) is 0 Å². The fraction of sp³-hybridized carbons (Fsp3) is 0.545. The summed E-state index contributed by atoms with van der Waals surface area (Å²) in [5, 5.41) is 13.1. The molecule has 0 amide bonds. The topological polar surface area (TPSA) is 71.1 Å². The second-order valence-corrected chi connectivity index (χ2v) is 4.50. The molecule has 0 aromatic carbocycles. The molecule has 5 heteroatoms. The van der Waals surface area contributed by atoms with Crippen molar-refractivity contribution >= 4 is 22.0 Å². The maximum atomic E-state index is 8.90. The number of rotatable bonds is 5. The predicted molar refractivity (Wildman–Crippen MR) is 68.0 cm³/mol. The molecule has 0 spiro atoms. The van der Waals surface area contributed by atoms with Gasteiger partial charge in [-0.05, 0) is 12.8 Å². The summed E-state index contributed by atoms with van der Waals surface area (Å²) < 4.78 is 5.22. The van der Waals surface area contributed by atoms with E-state index < -0.39 is 0 Å². The normalized spacial score (nSPS) is 10.2. The van der Waals surface area contributed by atoms with Gasteiger partial charge < -0.3 is 15.8 Å². The van der Waals surface area contributed by atoms with Crippen LogP contribution in [0.2, 0.25) is 0 Å². The van der Waals surface area contributed by atoms with Crippen LogP contribution in [0, 0.1) is 11.3 Å². The van der Waals surface area contributed by atoms with E-state index in [9.17, 15) is 0 Å².